The highest BCUT2D eigenvalue weighted by Gasteiger charge is 2.49. The molecular formula is C13H21NO3S. The Bertz CT molecular complexity index is 414. The molecule has 4 nitrogen and oxygen atoms in total. The van der Waals surface area contributed by atoms with Crippen LogP contribution in [0.15, 0.2) is 30.3 Å². The number of benzene rings is 1. The van der Waals surface area contributed by atoms with Crippen LogP contribution in [0, 0.1) is 5.41 Å². The van der Waals surface area contributed by atoms with E-state index >= 15 is 0 Å². The molecule has 0 aliphatic heterocycles. The average Bonchev–Trinajstić information content (AvgIpc) is 2.24. The Morgan fingerprint density at radius 3 is 2.11 bits per heavy atom. The van der Waals surface area contributed by atoms with E-state index in [0.29, 0.717) is 0 Å². The molecule has 3 atom stereocenters. The summed E-state index contributed by atoms with van der Waals surface area (Å²) in [5, 5.41) is 0. The van der Waals surface area contributed by atoms with Crippen molar-refractivity contribution < 1.29 is 12.9 Å². The molecule has 0 spiro atoms. The van der Waals surface area contributed by atoms with Crippen molar-refractivity contribution in [3.05, 3.63) is 35.9 Å². The van der Waals surface area contributed by atoms with Crippen molar-refractivity contribution in [2.24, 2.45) is 11.1 Å². The van der Waals surface area contributed by atoms with E-state index in [2.05, 4.69) is 0 Å². The molecule has 0 heterocycles. The van der Waals surface area contributed by atoms with Crippen LogP contribution in [-0.2, 0) is 21.1 Å². The first-order valence-corrected chi connectivity index (χ1v) is 6.86. The molecule has 0 bridgehead atoms. The second kappa shape index (κ2) is 5.48. The van der Waals surface area contributed by atoms with E-state index in [-0.39, 0.29) is 0 Å². The molecule has 0 aliphatic rings. The Balaban J connectivity index is 3.44. The van der Waals surface area contributed by atoms with Gasteiger partial charge in [0.2, 0.25) is 0 Å². The molecule has 0 radical (unpaired) electrons. The predicted octanol–water partition coefficient (Wildman–Crippen LogP) is 2.43. The first-order valence-electron chi connectivity index (χ1n) is 5.83. The van der Waals surface area contributed by atoms with Crippen molar-refractivity contribution in [3.8, 4) is 0 Å². The van der Waals surface area contributed by atoms with E-state index in [0.717, 1.165) is 5.56 Å². The summed E-state index contributed by atoms with van der Waals surface area (Å²) in [6.45, 7) is 7.60. The molecule has 0 fully saturated rings. The summed E-state index contributed by atoms with van der Waals surface area (Å²) in [5.74, 6) is 0. The average molecular weight is 271 g/mol. The molecule has 102 valence electrons. The van der Waals surface area contributed by atoms with Gasteiger partial charge in [0.25, 0.3) is 0 Å². The van der Waals surface area contributed by atoms with E-state index in [1.165, 1.54) is 0 Å². The molecule has 3 N–H and O–H groups in total. The van der Waals surface area contributed by atoms with Crippen molar-refractivity contribution in [2.75, 3.05) is 0 Å². The molecule has 0 saturated carbocycles. The molecular weight excluding hydrogens is 250 g/mol. The van der Waals surface area contributed by atoms with Gasteiger partial charge in [-0.2, -0.15) is 4.21 Å². The van der Waals surface area contributed by atoms with Gasteiger partial charge < -0.3 is 5.73 Å². The maximum absolute atomic E-state index is 11.2. The summed E-state index contributed by atoms with van der Waals surface area (Å²) in [6.07, 6.45) is 0. The quantitative estimate of drug-likeness (QED) is 0.825. The monoisotopic (exact) mass is 271 g/mol. The van der Waals surface area contributed by atoms with Gasteiger partial charge in [0.05, 0.1) is 0 Å². The lowest BCUT2D eigenvalue weighted by molar-refractivity contribution is -0.0520. The van der Waals surface area contributed by atoms with Crippen LogP contribution >= 0.6 is 0 Å². The zero-order valence-corrected chi connectivity index (χ0v) is 12.0. The SMILES string of the molecule is CC(N)C(OS(=O)O)(c1ccccc1)C(C)(C)C. The van der Waals surface area contributed by atoms with Gasteiger partial charge >= 0.3 is 11.4 Å². The van der Waals surface area contributed by atoms with Crippen molar-refractivity contribution in [1.82, 2.24) is 0 Å². The maximum Gasteiger partial charge on any atom is 0.302 e. The van der Waals surface area contributed by atoms with Crippen LogP contribution in [0.2, 0.25) is 0 Å². The number of nitrogens with two attached hydrogens (primary N) is 1. The molecule has 1 aromatic carbocycles. The first-order chi connectivity index (χ1) is 8.22. The van der Waals surface area contributed by atoms with Crippen LogP contribution in [0.1, 0.15) is 33.3 Å². The zero-order valence-electron chi connectivity index (χ0n) is 11.2. The molecule has 5 heteroatoms. The van der Waals surface area contributed by atoms with Crippen LogP contribution in [-0.4, -0.2) is 14.8 Å². The van der Waals surface area contributed by atoms with Crippen LogP contribution < -0.4 is 5.73 Å². The smallest absolute Gasteiger partial charge is 0.302 e. The Hall–Kier alpha value is -0.750. The standard InChI is InChI=1S/C13H21NO3S/c1-10(14)13(12(2,3)4,17-18(15)16)11-8-6-5-7-9-11/h5-10H,14H2,1-4H3,(H,15,16). The van der Waals surface area contributed by atoms with Crippen molar-refractivity contribution in [1.29, 1.82) is 0 Å². The lowest BCUT2D eigenvalue weighted by atomic mass is 9.68. The Morgan fingerprint density at radius 1 is 1.28 bits per heavy atom. The number of hydrogen-bond donors (Lipinski definition) is 2. The number of rotatable bonds is 4. The minimum Gasteiger partial charge on any atom is -0.325 e. The summed E-state index contributed by atoms with van der Waals surface area (Å²) < 4.78 is 25.7. The predicted molar refractivity (Wildman–Crippen MR) is 73.1 cm³/mol. The largest absolute Gasteiger partial charge is 0.325 e. The summed E-state index contributed by atoms with van der Waals surface area (Å²) in [6, 6.07) is 8.90. The van der Waals surface area contributed by atoms with Gasteiger partial charge in [0, 0.05) is 6.04 Å². The summed E-state index contributed by atoms with van der Waals surface area (Å²) in [5.41, 5.74) is 5.42. The van der Waals surface area contributed by atoms with E-state index in [1.54, 1.807) is 6.92 Å². The van der Waals surface area contributed by atoms with Gasteiger partial charge in [-0.25, -0.2) is 0 Å². The van der Waals surface area contributed by atoms with Crippen LogP contribution in [0.5, 0.6) is 0 Å². The molecule has 1 aromatic rings. The van der Waals surface area contributed by atoms with Crippen LogP contribution in [0.3, 0.4) is 0 Å². The third-order valence-corrected chi connectivity index (χ3v) is 3.57. The zero-order chi connectivity index (χ0) is 14.0. The van der Waals surface area contributed by atoms with Crippen molar-refractivity contribution in [3.63, 3.8) is 0 Å². The Labute approximate surface area is 111 Å². The maximum atomic E-state index is 11.2. The van der Waals surface area contributed by atoms with Gasteiger partial charge in [0.15, 0.2) is 0 Å². The molecule has 0 amide bonds. The van der Waals surface area contributed by atoms with Gasteiger partial charge in [-0.1, -0.05) is 51.1 Å². The lowest BCUT2D eigenvalue weighted by Crippen LogP contribution is -2.54. The molecule has 1 rings (SSSR count). The van der Waals surface area contributed by atoms with Crippen LogP contribution in [0.4, 0.5) is 0 Å². The minimum atomic E-state index is -2.38. The highest BCUT2D eigenvalue weighted by atomic mass is 32.2. The minimum absolute atomic E-state index is 0.430. The number of hydrogen-bond acceptors (Lipinski definition) is 3. The Morgan fingerprint density at radius 2 is 1.78 bits per heavy atom. The third kappa shape index (κ3) is 2.80. The van der Waals surface area contributed by atoms with Crippen molar-refractivity contribution >= 4 is 11.4 Å². The van der Waals surface area contributed by atoms with E-state index in [4.69, 9.17) is 14.5 Å². The summed E-state index contributed by atoms with van der Waals surface area (Å²) in [4.78, 5) is 0. The molecule has 0 saturated heterocycles. The second-order valence-electron chi connectivity index (χ2n) is 5.44. The molecule has 3 unspecified atom stereocenters. The van der Waals surface area contributed by atoms with Gasteiger partial charge in [-0.15, -0.1) is 0 Å². The first kappa shape index (κ1) is 15.3. The van der Waals surface area contributed by atoms with Gasteiger partial charge in [0.1, 0.15) is 5.60 Å². The second-order valence-corrected chi connectivity index (χ2v) is 6.04. The van der Waals surface area contributed by atoms with Crippen molar-refractivity contribution in [2.45, 2.75) is 39.3 Å². The van der Waals surface area contributed by atoms with E-state index in [1.807, 2.05) is 51.1 Å². The summed E-state index contributed by atoms with van der Waals surface area (Å²) >= 11 is -2.38. The van der Waals surface area contributed by atoms with E-state index in [9.17, 15) is 4.21 Å². The summed E-state index contributed by atoms with van der Waals surface area (Å²) in [7, 11) is 0. The van der Waals surface area contributed by atoms with Gasteiger partial charge in [-0.05, 0) is 17.9 Å². The normalized spacial score (nSPS) is 19.0. The fraction of sp³-hybridized carbons (Fsp3) is 0.538. The molecule has 18 heavy (non-hydrogen) atoms. The molecule has 0 aromatic heterocycles. The fourth-order valence-electron chi connectivity index (χ4n) is 2.43. The molecule has 0 aliphatic carbocycles. The highest BCUT2D eigenvalue weighted by molar-refractivity contribution is 7.74. The van der Waals surface area contributed by atoms with E-state index < -0.39 is 28.4 Å². The van der Waals surface area contributed by atoms with Crippen LogP contribution in [0.25, 0.3) is 0 Å². The lowest BCUT2D eigenvalue weighted by Gasteiger charge is -2.46. The third-order valence-electron chi connectivity index (χ3n) is 3.16. The Kier molecular flexibility index (Phi) is 4.66. The highest BCUT2D eigenvalue weighted by Crippen LogP contribution is 2.45. The topological polar surface area (TPSA) is 72.5 Å². The van der Waals surface area contributed by atoms with Gasteiger partial charge in [-0.3, -0.25) is 8.74 Å². The fourth-order valence-corrected chi connectivity index (χ4v) is 3.15.